The minimum atomic E-state index is -3.46. The number of nitrogens with one attached hydrogen (secondary N) is 2. The Morgan fingerprint density at radius 2 is 2.12 bits per heavy atom. The highest BCUT2D eigenvalue weighted by Crippen LogP contribution is 2.16. The summed E-state index contributed by atoms with van der Waals surface area (Å²) >= 11 is 0. The van der Waals surface area contributed by atoms with Crippen LogP contribution in [0.25, 0.3) is 0 Å². The molecule has 0 aromatic carbocycles. The van der Waals surface area contributed by atoms with E-state index < -0.39 is 10.0 Å². The van der Waals surface area contributed by atoms with Gasteiger partial charge in [-0.2, -0.15) is 5.10 Å². The first-order valence-electron chi connectivity index (χ1n) is 5.43. The molecule has 1 aromatic rings. The Labute approximate surface area is 102 Å². The van der Waals surface area contributed by atoms with Crippen molar-refractivity contribution in [2.75, 3.05) is 6.54 Å². The van der Waals surface area contributed by atoms with E-state index in [0.29, 0.717) is 24.4 Å². The Bertz CT molecular complexity index is 492. The van der Waals surface area contributed by atoms with Crippen LogP contribution in [0.15, 0.2) is 4.90 Å². The van der Waals surface area contributed by atoms with Gasteiger partial charge in [-0.05, 0) is 26.7 Å². The van der Waals surface area contributed by atoms with Gasteiger partial charge in [-0.15, -0.1) is 12.3 Å². The van der Waals surface area contributed by atoms with Crippen molar-refractivity contribution < 1.29 is 8.42 Å². The quantitative estimate of drug-likeness (QED) is 0.590. The molecule has 0 unspecified atom stereocenters. The van der Waals surface area contributed by atoms with Crippen molar-refractivity contribution in [3.63, 3.8) is 0 Å². The summed E-state index contributed by atoms with van der Waals surface area (Å²) in [7, 11) is -3.46. The SMILES string of the molecule is C#CCCCCNS(=O)(=O)c1c(C)n[nH]c1C. The molecule has 0 aliphatic heterocycles. The van der Waals surface area contributed by atoms with Crippen molar-refractivity contribution in [1.82, 2.24) is 14.9 Å². The highest BCUT2D eigenvalue weighted by Gasteiger charge is 2.21. The standard InChI is InChI=1S/C11H17N3O2S/c1-4-5-6-7-8-12-17(15,16)11-9(2)13-14-10(11)3/h1,12H,5-8H2,2-3H3,(H,13,14). The second-order valence-electron chi connectivity index (χ2n) is 3.82. The van der Waals surface area contributed by atoms with Crippen LogP contribution in [0.5, 0.6) is 0 Å². The van der Waals surface area contributed by atoms with E-state index in [4.69, 9.17) is 6.42 Å². The monoisotopic (exact) mass is 255 g/mol. The molecule has 2 N–H and O–H groups in total. The van der Waals surface area contributed by atoms with Crippen molar-refractivity contribution in [1.29, 1.82) is 0 Å². The van der Waals surface area contributed by atoms with Crippen molar-refractivity contribution in [2.24, 2.45) is 0 Å². The van der Waals surface area contributed by atoms with E-state index in [1.54, 1.807) is 13.8 Å². The summed E-state index contributed by atoms with van der Waals surface area (Å²) in [6.45, 7) is 3.75. The van der Waals surface area contributed by atoms with Gasteiger partial charge in [0.25, 0.3) is 0 Å². The largest absolute Gasteiger partial charge is 0.281 e. The van der Waals surface area contributed by atoms with Crippen LogP contribution < -0.4 is 4.72 Å². The Kier molecular flexibility index (Phi) is 4.73. The van der Waals surface area contributed by atoms with Gasteiger partial charge in [0.1, 0.15) is 4.90 Å². The topological polar surface area (TPSA) is 74.8 Å². The van der Waals surface area contributed by atoms with Gasteiger partial charge in [-0.25, -0.2) is 13.1 Å². The predicted molar refractivity (Wildman–Crippen MR) is 65.9 cm³/mol. The van der Waals surface area contributed by atoms with Crippen LogP contribution >= 0.6 is 0 Å². The molecule has 0 amide bonds. The number of aryl methyl sites for hydroxylation is 2. The van der Waals surface area contributed by atoms with E-state index in [-0.39, 0.29) is 4.90 Å². The molecule has 5 nitrogen and oxygen atoms in total. The van der Waals surface area contributed by atoms with Crippen LogP contribution in [-0.2, 0) is 10.0 Å². The lowest BCUT2D eigenvalue weighted by molar-refractivity contribution is 0.576. The van der Waals surface area contributed by atoms with Gasteiger partial charge in [0.15, 0.2) is 0 Å². The van der Waals surface area contributed by atoms with Gasteiger partial charge in [-0.1, -0.05) is 0 Å². The average Bonchev–Trinajstić information content (AvgIpc) is 2.58. The maximum atomic E-state index is 12.0. The normalized spacial score (nSPS) is 11.4. The van der Waals surface area contributed by atoms with E-state index in [2.05, 4.69) is 20.8 Å². The molecule has 1 rings (SSSR count). The minimum absolute atomic E-state index is 0.245. The second kappa shape index (κ2) is 5.84. The van der Waals surface area contributed by atoms with Crippen LogP contribution in [0.3, 0.4) is 0 Å². The number of aromatic nitrogens is 2. The van der Waals surface area contributed by atoms with E-state index in [9.17, 15) is 8.42 Å². The summed E-state index contributed by atoms with van der Waals surface area (Å²) < 4.78 is 26.5. The van der Waals surface area contributed by atoms with Crippen LogP contribution in [0.4, 0.5) is 0 Å². The fourth-order valence-corrected chi connectivity index (χ4v) is 3.01. The lowest BCUT2D eigenvalue weighted by atomic mass is 10.2. The molecule has 94 valence electrons. The number of terminal acetylenes is 1. The fraction of sp³-hybridized carbons (Fsp3) is 0.545. The third-order valence-corrected chi connectivity index (χ3v) is 4.09. The van der Waals surface area contributed by atoms with E-state index >= 15 is 0 Å². The van der Waals surface area contributed by atoms with Crippen molar-refractivity contribution in [2.45, 2.75) is 38.0 Å². The zero-order chi connectivity index (χ0) is 12.9. The van der Waals surface area contributed by atoms with E-state index in [1.165, 1.54) is 0 Å². The summed E-state index contributed by atoms with van der Waals surface area (Å²) in [6.07, 6.45) is 7.34. The number of sulfonamides is 1. The number of hydrogen-bond donors (Lipinski definition) is 2. The Balaban J connectivity index is 2.62. The zero-order valence-corrected chi connectivity index (χ0v) is 10.9. The van der Waals surface area contributed by atoms with Gasteiger partial charge < -0.3 is 0 Å². The van der Waals surface area contributed by atoms with Crippen LogP contribution in [0, 0.1) is 26.2 Å². The fourth-order valence-electron chi connectivity index (χ4n) is 1.57. The molecule has 1 heterocycles. The highest BCUT2D eigenvalue weighted by molar-refractivity contribution is 7.89. The van der Waals surface area contributed by atoms with Crippen molar-refractivity contribution >= 4 is 10.0 Å². The number of unbranched alkanes of at least 4 members (excludes halogenated alkanes) is 2. The first-order valence-corrected chi connectivity index (χ1v) is 6.92. The molecular weight excluding hydrogens is 238 g/mol. The second-order valence-corrected chi connectivity index (χ2v) is 5.53. The molecule has 0 aliphatic carbocycles. The number of H-pyrrole nitrogens is 1. The van der Waals surface area contributed by atoms with Crippen LogP contribution in [-0.4, -0.2) is 25.2 Å². The van der Waals surface area contributed by atoms with Gasteiger partial charge >= 0.3 is 0 Å². The predicted octanol–water partition coefficient (Wildman–Crippen LogP) is 1.11. The molecule has 17 heavy (non-hydrogen) atoms. The van der Waals surface area contributed by atoms with Crippen molar-refractivity contribution in [3.8, 4) is 12.3 Å². The maximum Gasteiger partial charge on any atom is 0.244 e. The molecule has 0 saturated carbocycles. The van der Waals surface area contributed by atoms with Gasteiger partial charge in [0, 0.05) is 13.0 Å². The smallest absolute Gasteiger partial charge is 0.244 e. The molecule has 0 bridgehead atoms. The molecule has 0 saturated heterocycles. The summed E-state index contributed by atoms with van der Waals surface area (Å²) in [5, 5.41) is 6.53. The van der Waals surface area contributed by atoms with Gasteiger partial charge in [0.05, 0.1) is 11.4 Å². The number of rotatable bonds is 6. The molecule has 0 aliphatic rings. The third-order valence-electron chi connectivity index (χ3n) is 2.37. The lowest BCUT2D eigenvalue weighted by Gasteiger charge is -2.06. The van der Waals surface area contributed by atoms with Gasteiger partial charge in [-0.3, -0.25) is 5.10 Å². The molecule has 0 atom stereocenters. The molecule has 0 radical (unpaired) electrons. The van der Waals surface area contributed by atoms with Crippen LogP contribution in [0.1, 0.15) is 30.7 Å². The number of nitrogens with zero attached hydrogens (tertiary/aromatic N) is 1. The average molecular weight is 255 g/mol. The number of hydrogen-bond acceptors (Lipinski definition) is 3. The summed E-state index contributed by atoms with van der Waals surface area (Å²) in [5.41, 5.74) is 1.04. The van der Waals surface area contributed by atoms with Crippen molar-refractivity contribution in [3.05, 3.63) is 11.4 Å². The molecular formula is C11H17N3O2S. The Hall–Kier alpha value is -1.32. The van der Waals surface area contributed by atoms with E-state index in [0.717, 1.165) is 12.8 Å². The number of aromatic amines is 1. The highest BCUT2D eigenvalue weighted by atomic mass is 32.2. The maximum absolute atomic E-state index is 12.0. The van der Waals surface area contributed by atoms with Gasteiger partial charge in [0.2, 0.25) is 10.0 Å². The first-order chi connectivity index (χ1) is 7.99. The summed E-state index contributed by atoms with van der Waals surface area (Å²) in [5.74, 6) is 2.52. The molecule has 1 aromatic heterocycles. The van der Waals surface area contributed by atoms with E-state index in [1.807, 2.05) is 0 Å². The summed E-state index contributed by atoms with van der Waals surface area (Å²) in [6, 6.07) is 0. The van der Waals surface area contributed by atoms with Crippen LogP contribution in [0.2, 0.25) is 0 Å². The Morgan fingerprint density at radius 3 is 2.65 bits per heavy atom. The third kappa shape index (κ3) is 3.58. The Morgan fingerprint density at radius 1 is 1.41 bits per heavy atom. The molecule has 0 fully saturated rings. The lowest BCUT2D eigenvalue weighted by Crippen LogP contribution is -2.25. The summed E-state index contributed by atoms with van der Waals surface area (Å²) in [4.78, 5) is 0.245. The minimum Gasteiger partial charge on any atom is -0.281 e. The zero-order valence-electron chi connectivity index (χ0n) is 10.1. The molecule has 6 heteroatoms. The molecule has 0 spiro atoms. The first kappa shape index (κ1) is 13.7.